The summed E-state index contributed by atoms with van der Waals surface area (Å²) in [5.41, 5.74) is 0. The van der Waals surface area contributed by atoms with E-state index in [-0.39, 0.29) is 17.7 Å². The number of ketones is 1. The summed E-state index contributed by atoms with van der Waals surface area (Å²) in [5, 5.41) is 10.4. The van der Waals surface area contributed by atoms with Crippen molar-refractivity contribution in [1.29, 1.82) is 0 Å². The molecule has 1 saturated heterocycles. The first-order valence-electron chi connectivity index (χ1n) is 3.59. The van der Waals surface area contributed by atoms with Crippen LogP contribution in [-0.2, 0) is 4.79 Å². The lowest BCUT2D eigenvalue weighted by Crippen LogP contribution is -2.43. The molecule has 0 amide bonds. The Hall–Kier alpha value is -0.410. The zero-order valence-electron chi connectivity index (χ0n) is 6.37. The molecule has 0 spiro atoms. The van der Waals surface area contributed by atoms with E-state index in [1.165, 1.54) is 5.06 Å². The Labute approximate surface area is 60.6 Å². The van der Waals surface area contributed by atoms with E-state index in [0.29, 0.717) is 13.0 Å². The fourth-order valence-electron chi connectivity index (χ4n) is 1.16. The molecule has 1 rings (SSSR count). The van der Waals surface area contributed by atoms with Crippen LogP contribution in [0.2, 0.25) is 0 Å². The Kier molecular flexibility index (Phi) is 2.06. The van der Waals surface area contributed by atoms with Gasteiger partial charge in [0.1, 0.15) is 5.78 Å². The predicted octanol–water partition coefficient (Wildman–Crippen LogP) is 0.675. The average Bonchev–Trinajstić information content (AvgIpc) is 1.84. The van der Waals surface area contributed by atoms with Crippen LogP contribution in [0.1, 0.15) is 20.3 Å². The Morgan fingerprint density at radius 2 is 2.20 bits per heavy atom. The van der Waals surface area contributed by atoms with Crippen LogP contribution in [0.15, 0.2) is 0 Å². The van der Waals surface area contributed by atoms with E-state index >= 15 is 0 Å². The van der Waals surface area contributed by atoms with Crippen LogP contribution in [0.25, 0.3) is 0 Å². The molecule has 2 atom stereocenters. The molecule has 0 aromatic heterocycles. The van der Waals surface area contributed by atoms with E-state index < -0.39 is 0 Å². The Bertz CT molecular complexity index is 147. The summed E-state index contributed by atoms with van der Waals surface area (Å²) < 4.78 is 0. The number of piperidine rings is 1. The van der Waals surface area contributed by atoms with Crippen LogP contribution in [0.4, 0.5) is 0 Å². The average molecular weight is 143 g/mol. The van der Waals surface area contributed by atoms with Crippen molar-refractivity contribution >= 4 is 5.78 Å². The molecular weight excluding hydrogens is 130 g/mol. The van der Waals surface area contributed by atoms with Crippen molar-refractivity contribution in [3.8, 4) is 0 Å². The summed E-state index contributed by atoms with van der Waals surface area (Å²) in [6.07, 6.45) is 0.484. The fourth-order valence-corrected chi connectivity index (χ4v) is 1.16. The minimum absolute atomic E-state index is 0.00111. The second-order valence-corrected chi connectivity index (χ2v) is 3.04. The van der Waals surface area contributed by atoms with Crippen molar-refractivity contribution in [3.63, 3.8) is 0 Å². The normalized spacial score (nSPS) is 36.5. The van der Waals surface area contributed by atoms with Gasteiger partial charge in [0.05, 0.1) is 0 Å². The van der Waals surface area contributed by atoms with Crippen LogP contribution in [0, 0.1) is 5.92 Å². The smallest absolute Gasteiger partial charge is 0.138 e. The third-order valence-corrected chi connectivity index (χ3v) is 2.02. The summed E-state index contributed by atoms with van der Waals surface area (Å²) >= 11 is 0. The number of hydrogen-bond acceptors (Lipinski definition) is 3. The van der Waals surface area contributed by atoms with Crippen LogP contribution < -0.4 is 0 Å². The van der Waals surface area contributed by atoms with Gasteiger partial charge < -0.3 is 5.21 Å². The number of rotatable bonds is 0. The lowest BCUT2D eigenvalue weighted by molar-refractivity contribution is -0.162. The summed E-state index contributed by atoms with van der Waals surface area (Å²) in [6, 6.07) is 0.00343. The molecule has 0 aliphatic carbocycles. The summed E-state index contributed by atoms with van der Waals surface area (Å²) in [6.45, 7) is 4.18. The van der Waals surface area contributed by atoms with Crippen molar-refractivity contribution < 1.29 is 10.0 Å². The van der Waals surface area contributed by atoms with E-state index in [0.717, 1.165) is 0 Å². The van der Waals surface area contributed by atoms with Gasteiger partial charge in [-0.05, 0) is 6.92 Å². The highest BCUT2D eigenvalue weighted by molar-refractivity contribution is 5.82. The van der Waals surface area contributed by atoms with Gasteiger partial charge in [0.15, 0.2) is 0 Å². The molecular formula is C7H13NO2. The first-order chi connectivity index (χ1) is 4.61. The predicted molar refractivity (Wildman–Crippen MR) is 36.7 cm³/mol. The fraction of sp³-hybridized carbons (Fsp3) is 0.857. The summed E-state index contributed by atoms with van der Waals surface area (Å²) in [5.74, 6) is 0.263. The standard InChI is InChI=1S/C7H13NO2/c1-5-4-8(10)6(2)3-7(5)9/h5-6,10H,3-4H2,1-2H3. The highest BCUT2D eigenvalue weighted by atomic mass is 16.5. The van der Waals surface area contributed by atoms with E-state index in [4.69, 9.17) is 5.21 Å². The highest BCUT2D eigenvalue weighted by Crippen LogP contribution is 2.15. The Morgan fingerprint density at radius 3 is 2.70 bits per heavy atom. The zero-order chi connectivity index (χ0) is 7.72. The molecule has 0 bridgehead atoms. The Balaban J connectivity index is 2.54. The van der Waals surface area contributed by atoms with Crippen molar-refractivity contribution in [1.82, 2.24) is 5.06 Å². The monoisotopic (exact) mass is 143 g/mol. The lowest BCUT2D eigenvalue weighted by Gasteiger charge is -2.30. The topological polar surface area (TPSA) is 40.5 Å². The lowest BCUT2D eigenvalue weighted by atomic mass is 9.95. The number of nitrogens with zero attached hydrogens (tertiary/aromatic N) is 1. The van der Waals surface area contributed by atoms with Crippen LogP contribution in [-0.4, -0.2) is 28.6 Å². The van der Waals surface area contributed by atoms with Gasteiger partial charge in [0.2, 0.25) is 0 Å². The molecule has 1 aliphatic heterocycles. The van der Waals surface area contributed by atoms with Crippen molar-refractivity contribution in [2.45, 2.75) is 26.3 Å². The number of Topliss-reactive ketones (excluding diaryl/α,β-unsaturated/α-hetero) is 1. The van der Waals surface area contributed by atoms with Gasteiger partial charge in [0.25, 0.3) is 0 Å². The van der Waals surface area contributed by atoms with E-state index in [1.807, 2.05) is 13.8 Å². The van der Waals surface area contributed by atoms with Crippen LogP contribution in [0.3, 0.4) is 0 Å². The minimum atomic E-state index is 0.00111. The zero-order valence-corrected chi connectivity index (χ0v) is 6.37. The summed E-state index contributed by atoms with van der Waals surface area (Å²) in [4.78, 5) is 11.0. The van der Waals surface area contributed by atoms with Crippen LogP contribution >= 0.6 is 0 Å². The van der Waals surface area contributed by atoms with Gasteiger partial charge in [-0.15, -0.1) is 0 Å². The first-order valence-corrected chi connectivity index (χ1v) is 3.59. The molecule has 0 aromatic carbocycles. The molecule has 1 aliphatic rings. The van der Waals surface area contributed by atoms with Crippen LogP contribution in [0.5, 0.6) is 0 Å². The largest absolute Gasteiger partial charge is 0.314 e. The molecule has 1 fully saturated rings. The van der Waals surface area contributed by atoms with Gasteiger partial charge in [0, 0.05) is 24.9 Å². The van der Waals surface area contributed by atoms with E-state index in [9.17, 15) is 4.79 Å². The maximum absolute atomic E-state index is 11.0. The van der Waals surface area contributed by atoms with Gasteiger partial charge in [-0.3, -0.25) is 4.79 Å². The van der Waals surface area contributed by atoms with Crippen molar-refractivity contribution in [3.05, 3.63) is 0 Å². The van der Waals surface area contributed by atoms with Crippen molar-refractivity contribution in [2.75, 3.05) is 6.54 Å². The highest BCUT2D eigenvalue weighted by Gasteiger charge is 2.27. The molecule has 0 saturated carbocycles. The third-order valence-electron chi connectivity index (χ3n) is 2.02. The maximum Gasteiger partial charge on any atom is 0.138 e. The molecule has 3 heteroatoms. The molecule has 58 valence electrons. The number of hydrogen-bond donors (Lipinski definition) is 1. The second-order valence-electron chi connectivity index (χ2n) is 3.04. The molecule has 3 nitrogen and oxygen atoms in total. The second kappa shape index (κ2) is 2.68. The minimum Gasteiger partial charge on any atom is -0.314 e. The molecule has 0 aromatic rings. The summed E-state index contributed by atoms with van der Waals surface area (Å²) in [7, 11) is 0. The third kappa shape index (κ3) is 1.36. The van der Waals surface area contributed by atoms with Gasteiger partial charge >= 0.3 is 0 Å². The molecule has 10 heavy (non-hydrogen) atoms. The SMILES string of the molecule is CC1CN(O)C(C)CC1=O. The molecule has 2 unspecified atom stereocenters. The Morgan fingerprint density at radius 1 is 1.60 bits per heavy atom. The quantitative estimate of drug-likeness (QED) is 0.542. The molecule has 1 heterocycles. The van der Waals surface area contributed by atoms with Gasteiger partial charge in [-0.2, -0.15) is 5.06 Å². The van der Waals surface area contributed by atoms with Gasteiger partial charge in [-0.1, -0.05) is 6.92 Å². The molecule has 0 radical (unpaired) electrons. The molecule has 1 N–H and O–H groups in total. The van der Waals surface area contributed by atoms with E-state index in [1.54, 1.807) is 0 Å². The van der Waals surface area contributed by atoms with E-state index in [2.05, 4.69) is 0 Å². The number of hydroxylamine groups is 2. The maximum atomic E-state index is 11.0. The number of carbonyl (C=O) groups is 1. The van der Waals surface area contributed by atoms with Crippen molar-refractivity contribution in [2.24, 2.45) is 5.92 Å². The number of carbonyl (C=O) groups excluding carboxylic acids is 1. The van der Waals surface area contributed by atoms with Gasteiger partial charge in [-0.25, -0.2) is 0 Å². The first kappa shape index (κ1) is 7.69.